The quantitative estimate of drug-likeness (QED) is 0.853. The topological polar surface area (TPSA) is 77.1 Å². The molecule has 1 saturated heterocycles. The first-order valence-corrected chi connectivity index (χ1v) is 9.29. The number of fused-ring (bicyclic) bond motifs is 1. The Morgan fingerprint density at radius 2 is 1.93 bits per heavy atom. The van der Waals surface area contributed by atoms with Gasteiger partial charge in [-0.2, -0.15) is 0 Å². The predicted molar refractivity (Wildman–Crippen MR) is 103 cm³/mol. The highest BCUT2D eigenvalue weighted by Gasteiger charge is 2.23. The highest BCUT2D eigenvalue weighted by atomic mass is 35.5. The van der Waals surface area contributed by atoms with Gasteiger partial charge in [0.05, 0.1) is 18.2 Å². The molecular formula is C20H19ClN2O5. The van der Waals surface area contributed by atoms with Gasteiger partial charge in [-0.15, -0.1) is 0 Å². The third-order valence-electron chi connectivity index (χ3n) is 4.80. The van der Waals surface area contributed by atoms with Gasteiger partial charge in [0.2, 0.25) is 6.79 Å². The van der Waals surface area contributed by atoms with Crippen molar-refractivity contribution in [2.75, 3.05) is 38.4 Å². The second kappa shape index (κ2) is 7.69. The number of anilines is 1. The Bertz CT molecular complexity index is 940. The summed E-state index contributed by atoms with van der Waals surface area (Å²) < 4.78 is 15.9. The van der Waals surface area contributed by atoms with Crippen molar-refractivity contribution in [3.8, 4) is 11.5 Å². The van der Waals surface area contributed by atoms with E-state index in [0.717, 1.165) is 0 Å². The van der Waals surface area contributed by atoms with Gasteiger partial charge in [-0.3, -0.25) is 9.59 Å². The first-order valence-electron chi connectivity index (χ1n) is 8.91. The van der Waals surface area contributed by atoms with Crippen LogP contribution in [0.2, 0.25) is 5.02 Å². The lowest BCUT2D eigenvalue weighted by Gasteiger charge is -2.27. The molecule has 28 heavy (non-hydrogen) atoms. The number of amides is 2. The lowest BCUT2D eigenvalue weighted by atomic mass is 10.0. The van der Waals surface area contributed by atoms with Crippen LogP contribution in [0, 0.1) is 6.92 Å². The molecular weight excluding hydrogens is 384 g/mol. The summed E-state index contributed by atoms with van der Waals surface area (Å²) in [5.41, 5.74) is 2.18. The van der Waals surface area contributed by atoms with E-state index < -0.39 is 0 Å². The van der Waals surface area contributed by atoms with Crippen molar-refractivity contribution in [2.24, 2.45) is 0 Å². The normalized spacial score (nSPS) is 15.4. The fourth-order valence-corrected chi connectivity index (χ4v) is 3.50. The van der Waals surface area contributed by atoms with Crippen LogP contribution in [0.5, 0.6) is 11.5 Å². The van der Waals surface area contributed by atoms with Crippen LogP contribution >= 0.6 is 11.6 Å². The molecule has 0 aromatic heterocycles. The van der Waals surface area contributed by atoms with Gasteiger partial charge in [0.1, 0.15) is 0 Å². The molecule has 0 unspecified atom stereocenters. The number of nitrogens with one attached hydrogen (secondary N) is 1. The average Bonchev–Trinajstić information content (AvgIpc) is 3.19. The summed E-state index contributed by atoms with van der Waals surface area (Å²) in [6, 6.07) is 8.39. The van der Waals surface area contributed by atoms with E-state index >= 15 is 0 Å². The maximum absolute atomic E-state index is 12.8. The number of carbonyl (C=O) groups excluding carboxylic acids is 2. The van der Waals surface area contributed by atoms with E-state index in [1.165, 1.54) is 6.07 Å². The molecule has 0 bridgehead atoms. The standard InChI is InChI=1S/C20H19ClN2O5/c1-12-14(20(25)23-5-7-26-8-6-23)3-2-4-16(12)22-19(24)13-9-15(21)18-17(10-13)27-11-28-18/h2-4,9-10H,5-8,11H2,1H3,(H,22,24). The van der Waals surface area contributed by atoms with Crippen LogP contribution in [0.25, 0.3) is 0 Å². The molecule has 0 aliphatic carbocycles. The molecule has 2 aliphatic heterocycles. The summed E-state index contributed by atoms with van der Waals surface area (Å²) >= 11 is 6.16. The number of halogens is 1. The number of morpholine rings is 1. The maximum Gasteiger partial charge on any atom is 0.255 e. The minimum absolute atomic E-state index is 0.0666. The largest absolute Gasteiger partial charge is 0.454 e. The second-order valence-corrected chi connectivity index (χ2v) is 6.94. The van der Waals surface area contributed by atoms with E-state index in [1.807, 2.05) is 6.92 Å². The highest BCUT2D eigenvalue weighted by molar-refractivity contribution is 6.33. The Hall–Kier alpha value is -2.77. The Labute approximate surface area is 167 Å². The van der Waals surface area contributed by atoms with Crippen molar-refractivity contribution in [1.29, 1.82) is 0 Å². The van der Waals surface area contributed by atoms with Crippen LogP contribution in [0.3, 0.4) is 0 Å². The smallest absolute Gasteiger partial charge is 0.255 e. The van der Waals surface area contributed by atoms with Gasteiger partial charge in [-0.1, -0.05) is 17.7 Å². The number of nitrogens with zero attached hydrogens (tertiary/aromatic N) is 1. The number of rotatable bonds is 3. The van der Waals surface area contributed by atoms with Crippen molar-refractivity contribution in [2.45, 2.75) is 6.92 Å². The molecule has 0 atom stereocenters. The van der Waals surface area contributed by atoms with Crippen LogP contribution in [-0.4, -0.2) is 49.8 Å². The zero-order chi connectivity index (χ0) is 19.7. The Balaban J connectivity index is 1.56. The van der Waals surface area contributed by atoms with Crippen LogP contribution in [0.4, 0.5) is 5.69 Å². The van der Waals surface area contributed by atoms with Gasteiger partial charge >= 0.3 is 0 Å². The molecule has 7 nitrogen and oxygen atoms in total. The number of hydrogen-bond donors (Lipinski definition) is 1. The first kappa shape index (κ1) is 18.6. The summed E-state index contributed by atoms with van der Waals surface area (Å²) in [6.45, 7) is 4.08. The molecule has 4 rings (SSSR count). The monoisotopic (exact) mass is 402 g/mol. The number of ether oxygens (including phenoxy) is 3. The lowest BCUT2D eigenvalue weighted by molar-refractivity contribution is 0.0302. The zero-order valence-electron chi connectivity index (χ0n) is 15.3. The summed E-state index contributed by atoms with van der Waals surface area (Å²) in [5.74, 6) is 0.459. The van der Waals surface area contributed by atoms with E-state index in [-0.39, 0.29) is 18.6 Å². The first-order chi connectivity index (χ1) is 13.5. The minimum atomic E-state index is -0.348. The molecule has 1 N–H and O–H groups in total. The van der Waals surface area contributed by atoms with Crippen molar-refractivity contribution in [1.82, 2.24) is 4.90 Å². The third kappa shape index (κ3) is 3.50. The molecule has 2 aromatic carbocycles. The predicted octanol–water partition coefficient (Wildman–Crippen LogP) is 3.10. The summed E-state index contributed by atoms with van der Waals surface area (Å²) in [7, 11) is 0. The number of carbonyl (C=O) groups is 2. The molecule has 1 fully saturated rings. The molecule has 2 heterocycles. The van der Waals surface area contributed by atoms with E-state index in [0.29, 0.717) is 65.2 Å². The van der Waals surface area contributed by atoms with E-state index in [1.54, 1.807) is 29.2 Å². The Morgan fingerprint density at radius 1 is 1.14 bits per heavy atom. The maximum atomic E-state index is 12.8. The van der Waals surface area contributed by atoms with E-state index in [9.17, 15) is 9.59 Å². The SMILES string of the molecule is Cc1c(NC(=O)c2cc(Cl)c3c(c2)OCO3)cccc1C(=O)N1CCOCC1. The van der Waals surface area contributed by atoms with Gasteiger partial charge in [0.25, 0.3) is 11.8 Å². The van der Waals surface area contributed by atoms with Crippen molar-refractivity contribution in [3.05, 3.63) is 52.0 Å². The summed E-state index contributed by atoms with van der Waals surface area (Å²) in [6.07, 6.45) is 0. The third-order valence-corrected chi connectivity index (χ3v) is 5.08. The average molecular weight is 403 g/mol. The van der Waals surface area contributed by atoms with Crippen molar-refractivity contribution >= 4 is 29.1 Å². The second-order valence-electron chi connectivity index (χ2n) is 6.53. The molecule has 146 valence electrons. The fraction of sp³-hybridized carbons (Fsp3) is 0.300. The Morgan fingerprint density at radius 3 is 2.71 bits per heavy atom. The van der Waals surface area contributed by atoms with Crippen LogP contribution in [0.15, 0.2) is 30.3 Å². The fourth-order valence-electron chi connectivity index (χ4n) is 3.23. The number of benzene rings is 2. The molecule has 2 amide bonds. The Kier molecular flexibility index (Phi) is 5.11. The van der Waals surface area contributed by atoms with Gasteiger partial charge in [0, 0.05) is 29.9 Å². The molecule has 0 radical (unpaired) electrons. The van der Waals surface area contributed by atoms with Crippen molar-refractivity contribution < 1.29 is 23.8 Å². The van der Waals surface area contributed by atoms with Crippen LogP contribution in [0.1, 0.15) is 26.3 Å². The van der Waals surface area contributed by atoms with Crippen molar-refractivity contribution in [3.63, 3.8) is 0 Å². The molecule has 0 saturated carbocycles. The molecule has 8 heteroatoms. The number of hydrogen-bond acceptors (Lipinski definition) is 5. The molecule has 0 spiro atoms. The van der Waals surface area contributed by atoms with Gasteiger partial charge < -0.3 is 24.4 Å². The van der Waals surface area contributed by atoms with E-state index in [2.05, 4.69) is 5.32 Å². The van der Waals surface area contributed by atoms with Gasteiger partial charge in [-0.25, -0.2) is 0 Å². The highest BCUT2D eigenvalue weighted by Crippen LogP contribution is 2.40. The van der Waals surface area contributed by atoms with Gasteiger partial charge in [0.15, 0.2) is 11.5 Å². The zero-order valence-corrected chi connectivity index (χ0v) is 16.0. The van der Waals surface area contributed by atoms with Gasteiger partial charge in [-0.05, 0) is 36.8 Å². The van der Waals surface area contributed by atoms with Crippen LogP contribution in [-0.2, 0) is 4.74 Å². The molecule has 2 aromatic rings. The molecule has 2 aliphatic rings. The summed E-state index contributed by atoms with van der Waals surface area (Å²) in [4.78, 5) is 27.3. The van der Waals surface area contributed by atoms with E-state index in [4.69, 9.17) is 25.8 Å². The lowest BCUT2D eigenvalue weighted by Crippen LogP contribution is -2.41. The minimum Gasteiger partial charge on any atom is -0.454 e. The summed E-state index contributed by atoms with van der Waals surface area (Å²) in [5, 5.41) is 3.17. The van der Waals surface area contributed by atoms with Crippen LogP contribution < -0.4 is 14.8 Å².